The van der Waals surface area contributed by atoms with Crippen LogP contribution in [0.4, 0.5) is 0 Å². The number of rotatable bonds is 1. The number of halogens is 1. The van der Waals surface area contributed by atoms with E-state index in [0.717, 1.165) is 17.1 Å². The Morgan fingerprint density at radius 3 is 2.69 bits per heavy atom. The summed E-state index contributed by atoms with van der Waals surface area (Å²) in [6.07, 6.45) is 0. The van der Waals surface area contributed by atoms with E-state index in [1.165, 1.54) is 0 Å². The summed E-state index contributed by atoms with van der Waals surface area (Å²) >= 11 is 5.96. The second-order valence-electron chi connectivity index (χ2n) is 3.48. The Bertz CT molecular complexity index is 578. The van der Waals surface area contributed by atoms with Crippen molar-refractivity contribution in [2.75, 3.05) is 0 Å². The minimum absolute atomic E-state index is 0.438. The fourth-order valence-electron chi connectivity index (χ4n) is 1.54. The van der Waals surface area contributed by atoms with Crippen molar-refractivity contribution in [3.05, 3.63) is 46.2 Å². The molecule has 2 rings (SSSR count). The Hall–Kier alpha value is -1.79. The monoisotopic (exact) mass is 230 g/mol. The topological polar surface area (TPSA) is 41.6 Å². The molecule has 0 fully saturated rings. The van der Waals surface area contributed by atoms with Gasteiger partial charge in [-0.2, -0.15) is 10.4 Å². The Morgan fingerprint density at radius 1 is 1.44 bits per heavy atom. The van der Waals surface area contributed by atoms with Gasteiger partial charge in [0.2, 0.25) is 0 Å². The van der Waals surface area contributed by atoms with E-state index in [1.807, 2.05) is 26.0 Å². The first kappa shape index (κ1) is 10.7. The number of nitriles is 1. The molecule has 0 aliphatic heterocycles. The Kier molecular flexibility index (Phi) is 2.67. The van der Waals surface area contributed by atoms with Gasteiger partial charge in [-0.05, 0) is 32.0 Å². The predicted molar refractivity (Wildman–Crippen MR) is 61.6 cm³/mol. The van der Waals surface area contributed by atoms with Crippen molar-refractivity contribution >= 4 is 11.6 Å². The minimum atomic E-state index is 0.438. The molecule has 0 aliphatic carbocycles. The van der Waals surface area contributed by atoms with Gasteiger partial charge in [0.15, 0.2) is 0 Å². The third-order valence-electron chi connectivity index (χ3n) is 2.25. The van der Waals surface area contributed by atoms with Crippen LogP contribution >= 0.6 is 11.6 Å². The second kappa shape index (κ2) is 3.99. The Labute approximate surface area is 98.9 Å². The summed E-state index contributed by atoms with van der Waals surface area (Å²) < 4.78 is 1.75. The van der Waals surface area contributed by atoms with E-state index in [2.05, 4.69) is 11.2 Å². The van der Waals surface area contributed by atoms with Crippen LogP contribution in [0.15, 0.2) is 18.2 Å². The van der Waals surface area contributed by atoms with Gasteiger partial charge in [0, 0.05) is 11.8 Å². The summed E-state index contributed by atoms with van der Waals surface area (Å²) in [5.41, 5.74) is 3.05. The average molecular weight is 231 g/mol. The first-order valence-electron chi connectivity index (χ1n) is 4.77. The lowest BCUT2D eigenvalue weighted by molar-refractivity contribution is 0.833. The van der Waals surface area contributed by atoms with Crippen molar-refractivity contribution in [3.8, 4) is 11.8 Å². The van der Waals surface area contributed by atoms with E-state index >= 15 is 0 Å². The average Bonchev–Trinajstić information content (AvgIpc) is 2.58. The maximum atomic E-state index is 8.78. The maximum absolute atomic E-state index is 8.78. The van der Waals surface area contributed by atoms with Crippen molar-refractivity contribution in [3.63, 3.8) is 0 Å². The van der Waals surface area contributed by atoms with Gasteiger partial charge in [0.25, 0.3) is 0 Å². The van der Waals surface area contributed by atoms with Crippen LogP contribution in [-0.2, 0) is 0 Å². The number of nitrogens with zero attached hydrogens (tertiary/aromatic N) is 3. The molecule has 1 heterocycles. The van der Waals surface area contributed by atoms with Crippen LogP contribution in [0.2, 0.25) is 5.02 Å². The smallest absolute Gasteiger partial charge is 0.101 e. The van der Waals surface area contributed by atoms with Crippen molar-refractivity contribution in [1.82, 2.24) is 9.78 Å². The van der Waals surface area contributed by atoms with Crippen molar-refractivity contribution in [2.24, 2.45) is 0 Å². The highest BCUT2D eigenvalue weighted by atomic mass is 35.5. The molecule has 0 saturated carbocycles. The summed E-state index contributed by atoms with van der Waals surface area (Å²) in [6, 6.07) is 10.4. The van der Waals surface area contributed by atoms with Crippen LogP contribution in [0.3, 0.4) is 0 Å². The molecule has 0 bridgehead atoms. The Balaban J connectivity index is 2.54. The fourth-order valence-corrected chi connectivity index (χ4v) is 1.76. The molecule has 0 aliphatic rings. The molecule has 4 heteroatoms. The maximum Gasteiger partial charge on any atom is 0.101 e. The van der Waals surface area contributed by atoms with Gasteiger partial charge >= 0.3 is 0 Å². The molecular formula is C12H9ClN3. The van der Waals surface area contributed by atoms with Gasteiger partial charge in [0.1, 0.15) is 6.07 Å². The van der Waals surface area contributed by atoms with E-state index in [1.54, 1.807) is 16.8 Å². The summed E-state index contributed by atoms with van der Waals surface area (Å²) in [6.45, 7) is 3.81. The van der Waals surface area contributed by atoms with Crippen molar-refractivity contribution < 1.29 is 0 Å². The molecule has 0 atom stereocenters. The van der Waals surface area contributed by atoms with Gasteiger partial charge in [-0.3, -0.25) is 0 Å². The van der Waals surface area contributed by atoms with E-state index in [4.69, 9.17) is 16.9 Å². The minimum Gasteiger partial charge on any atom is -0.237 e. The molecule has 0 spiro atoms. The lowest BCUT2D eigenvalue weighted by Gasteiger charge is -2.05. The highest BCUT2D eigenvalue weighted by molar-refractivity contribution is 6.31. The van der Waals surface area contributed by atoms with E-state index in [0.29, 0.717) is 10.6 Å². The summed E-state index contributed by atoms with van der Waals surface area (Å²) in [5.74, 6) is 0. The molecule has 0 saturated heterocycles. The van der Waals surface area contributed by atoms with E-state index < -0.39 is 0 Å². The lowest BCUT2D eigenvalue weighted by atomic mass is 10.2. The zero-order chi connectivity index (χ0) is 11.7. The molecule has 1 radical (unpaired) electrons. The van der Waals surface area contributed by atoms with Crippen LogP contribution < -0.4 is 0 Å². The number of hydrogen-bond acceptors (Lipinski definition) is 2. The van der Waals surface area contributed by atoms with Gasteiger partial charge in [0.05, 0.1) is 22.0 Å². The lowest BCUT2D eigenvalue weighted by Crippen LogP contribution is -1.99. The molecule has 1 aromatic heterocycles. The predicted octanol–water partition coefficient (Wildman–Crippen LogP) is 2.81. The molecule has 2 aromatic rings. The van der Waals surface area contributed by atoms with Gasteiger partial charge in [-0.15, -0.1) is 0 Å². The van der Waals surface area contributed by atoms with Gasteiger partial charge in [-0.1, -0.05) is 11.6 Å². The first-order chi connectivity index (χ1) is 7.61. The molecular weight excluding hydrogens is 222 g/mol. The largest absolute Gasteiger partial charge is 0.237 e. The van der Waals surface area contributed by atoms with Gasteiger partial charge < -0.3 is 0 Å². The van der Waals surface area contributed by atoms with Crippen LogP contribution in [0.25, 0.3) is 5.69 Å². The van der Waals surface area contributed by atoms with Gasteiger partial charge in [-0.25, -0.2) is 4.68 Å². The van der Waals surface area contributed by atoms with Crippen LogP contribution in [-0.4, -0.2) is 9.78 Å². The van der Waals surface area contributed by atoms with Crippen molar-refractivity contribution in [1.29, 1.82) is 5.26 Å². The highest BCUT2D eigenvalue weighted by Gasteiger charge is 2.06. The summed E-state index contributed by atoms with van der Waals surface area (Å²) in [7, 11) is 0. The zero-order valence-electron chi connectivity index (χ0n) is 8.95. The van der Waals surface area contributed by atoms with E-state index in [-0.39, 0.29) is 0 Å². The molecule has 0 amide bonds. The molecule has 0 unspecified atom stereocenters. The van der Waals surface area contributed by atoms with Crippen LogP contribution in [0.1, 0.15) is 17.0 Å². The standard InChI is InChI=1S/C12H9ClN3/c1-8-5-9(2)16(15-8)11-4-3-10(7-14)12(13)6-11/h3-4,6H,1-2H3. The quantitative estimate of drug-likeness (QED) is 0.756. The number of benzene rings is 1. The molecule has 0 N–H and O–H groups in total. The number of aromatic nitrogens is 2. The molecule has 16 heavy (non-hydrogen) atoms. The second-order valence-corrected chi connectivity index (χ2v) is 3.89. The fraction of sp³-hybridized carbons (Fsp3) is 0.167. The third-order valence-corrected chi connectivity index (χ3v) is 2.56. The zero-order valence-corrected chi connectivity index (χ0v) is 9.71. The summed E-state index contributed by atoms with van der Waals surface area (Å²) in [5, 5.41) is 13.5. The third kappa shape index (κ3) is 1.80. The van der Waals surface area contributed by atoms with Crippen LogP contribution in [0.5, 0.6) is 0 Å². The SMILES string of the molecule is Cc1[c]c(C)n(-c2ccc(C#N)c(Cl)c2)n1. The number of hydrogen-bond donors (Lipinski definition) is 0. The summed E-state index contributed by atoms with van der Waals surface area (Å²) in [4.78, 5) is 0. The Morgan fingerprint density at radius 2 is 2.19 bits per heavy atom. The van der Waals surface area contributed by atoms with Crippen LogP contribution in [0, 0.1) is 31.2 Å². The number of aryl methyl sites for hydroxylation is 2. The van der Waals surface area contributed by atoms with Crippen molar-refractivity contribution in [2.45, 2.75) is 13.8 Å². The first-order valence-corrected chi connectivity index (χ1v) is 5.15. The molecule has 3 nitrogen and oxygen atoms in total. The normalized spacial score (nSPS) is 10.1. The molecule has 1 aromatic carbocycles. The highest BCUT2D eigenvalue weighted by Crippen LogP contribution is 2.20. The molecule has 79 valence electrons. The van der Waals surface area contributed by atoms with E-state index in [9.17, 15) is 0 Å².